The van der Waals surface area contributed by atoms with E-state index in [0.29, 0.717) is 31.7 Å². The minimum absolute atomic E-state index is 0.115. The molecule has 1 aromatic carbocycles. The molecule has 0 radical (unpaired) electrons. The molecule has 1 saturated heterocycles. The molecule has 1 aromatic rings. The molecule has 1 N–H and O–H groups in total. The lowest BCUT2D eigenvalue weighted by atomic mass is 10.1. The Kier molecular flexibility index (Phi) is 5.36. The van der Waals surface area contributed by atoms with Gasteiger partial charge in [-0.1, -0.05) is 0 Å². The number of hydrogen-bond donors (Lipinski definition) is 1. The Balaban J connectivity index is 1.76. The summed E-state index contributed by atoms with van der Waals surface area (Å²) in [5, 5.41) is 0. The van der Waals surface area contributed by atoms with Crippen LogP contribution in [0, 0.1) is 5.82 Å². The van der Waals surface area contributed by atoms with Crippen LogP contribution in [0.3, 0.4) is 0 Å². The highest BCUT2D eigenvalue weighted by Crippen LogP contribution is 2.13. The quantitative estimate of drug-likeness (QED) is 0.864. The van der Waals surface area contributed by atoms with E-state index in [0.717, 1.165) is 6.26 Å². The van der Waals surface area contributed by atoms with E-state index in [4.69, 9.17) is 4.74 Å². The second kappa shape index (κ2) is 7.06. The molecule has 1 fully saturated rings. The van der Waals surface area contributed by atoms with E-state index >= 15 is 0 Å². The molecule has 2 rings (SSSR count). The number of benzene rings is 1. The van der Waals surface area contributed by atoms with Gasteiger partial charge in [-0.3, -0.25) is 4.79 Å². The average molecular weight is 330 g/mol. The molecule has 1 amide bonds. The minimum atomic E-state index is -3.22. The maximum absolute atomic E-state index is 12.8. The molecule has 8 heteroatoms. The van der Waals surface area contributed by atoms with Gasteiger partial charge in [0, 0.05) is 19.1 Å². The first-order valence-corrected chi connectivity index (χ1v) is 8.86. The normalized spacial score (nSPS) is 16.5. The second-order valence-electron chi connectivity index (χ2n) is 5.29. The van der Waals surface area contributed by atoms with E-state index < -0.39 is 10.0 Å². The zero-order valence-electron chi connectivity index (χ0n) is 12.3. The molecule has 0 aromatic heterocycles. The highest BCUT2D eigenvalue weighted by Gasteiger charge is 2.24. The number of carbonyl (C=O) groups excluding carboxylic acids is 1. The molecule has 6 nitrogen and oxygen atoms in total. The van der Waals surface area contributed by atoms with Gasteiger partial charge in [0.15, 0.2) is 6.61 Å². The van der Waals surface area contributed by atoms with Crippen molar-refractivity contribution in [2.45, 2.75) is 18.9 Å². The van der Waals surface area contributed by atoms with Crippen molar-refractivity contribution < 1.29 is 22.3 Å². The van der Waals surface area contributed by atoms with Crippen LogP contribution in [0.15, 0.2) is 24.3 Å². The highest BCUT2D eigenvalue weighted by atomic mass is 32.2. The first kappa shape index (κ1) is 16.7. The summed E-state index contributed by atoms with van der Waals surface area (Å²) < 4.78 is 42.9. The lowest BCUT2D eigenvalue weighted by molar-refractivity contribution is -0.134. The van der Waals surface area contributed by atoms with Gasteiger partial charge in [0.1, 0.15) is 11.6 Å². The van der Waals surface area contributed by atoms with E-state index in [2.05, 4.69) is 4.72 Å². The Morgan fingerprint density at radius 1 is 1.32 bits per heavy atom. The Hall–Kier alpha value is -1.67. The topological polar surface area (TPSA) is 75.7 Å². The summed E-state index contributed by atoms with van der Waals surface area (Å²) in [5.41, 5.74) is 0. The van der Waals surface area contributed by atoms with Gasteiger partial charge in [0.2, 0.25) is 10.0 Å². The van der Waals surface area contributed by atoms with Crippen molar-refractivity contribution in [2.75, 3.05) is 26.0 Å². The smallest absolute Gasteiger partial charge is 0.260 e. The predicted octanol–water partition coefficient (Wildman–Crippen LogP) is 0.745. The molecule has 0 saturated carbocycles. The molecule has 0 atom stereocenters. The number of halogens is 1. The van der Waals surface area contributed by atoms with E-state index in [-0.39, 0.29) is 24.4 Å². The Labute approximate surface area is 129 Å². The molecular weight excluding hydrogens is 311 g/mol. The predicted molar refractivity (Wildman–Crippen MR) is 79.5 cm³/mol. The van der Waals surface area contributed by atoms with Gasteiger partial charge in [-0.2, -0.15) is 0 Å². The number of nitrogens with one attached hydrogen (secondary N) is 1. The molecule has 0 unspecified atom stereocenters. The monoisotopic (exact) mass is 330 g/mol. The SMILES string of the molecule is CS(=O)(=O)NC1CCN(C(=O)COc2ccc(F)cc2)CC1. The van der Waals surface area contributed by atoms with Crippen LogP contribution in [-0.4, -0.2) is 51.2 Å². The van der Waals surface area contributed by atoms with Gasteiger partial charge in [-0.25, -0.2) is 17.5 Å². The summed E-state index contributed by atoms with van der Waals surface area (Å²) >= 11 is 0. The van der Waals surface area contributed by atoms with Crippen molar-refractivity contribution in [3.05, 3.63) is 30.1 Å². The maximum Gasteiger partial charge on any atom is 0.260 e. The van der Waals surface area contributed by atoms with Crippen LogP contribution < -0.4 is 9.46 Å². The van der Waals surface area contributed by atoms with Gasteiger partial charge in [0.05, 0.1) is 6.26 Å². The third-order valence-corrected chi connectivity index (χ3v) is 4.17. The van der Waals surface area contributed by atoms with Crippen LogP contribution in [0.2, 0.25) is 0 Å². The fourth-order valence-electron chi connectivity index (χ4n) is 2.32. The van der Waals surface area contributed by atoms with Crippen LogP contribution in [0.5, 0.6) is 5.75 Å². The summed E-state index contributed by atoms with van der Waals surface area (Å²) in [7, 11) is -3.22. The standard InChI is InChI=1S/C14H19FN2O4S/c1-22(19,20)16-12-6-8-17(9-7-12)14(18)10-21-13-4-2-11(15)3-5-13/h2-5,12,16H,6-10H2,1H3. The van der Waals surface area contributed by atoms with Gasteiger partial charge in [0.25, 0.3) is 5.91 Å². The van der Waals surface area contributed by atoms with Gasteiger partial charge < -0.3 is 9.64 Å². The summed E-state index contributed by atoms with van der Waals surface area (Å²) in [5.74, 6) is -0.0929. The number of nitrogens with zero attached hydrogens (tertiary/aromatic N) is 1. The Morgan fingerprint density at radius 2 is 1.91 bits per heavy atom. The molecule has 1 aliphatic rings. The number of piperidine rings is 1. The van der Waals surface area contributed by atoms with Crippen LogP contribution >= 0.6 is 0 Å². The molecular formula is C14H19FN2O4S. The highest BCUT2D eigenvalue weighted by molar-refractivity contribution is 7.88. The number of rotatable bonds is 5. The van der Waals surface area contributed by atoms with Crippen molar-refractivity contribution >= 4 is 15.9 Å². The summed E-state index contributed by atoms with van der Waals surface area (Å²) in [6, 6.07) is 5.33. The van der Waals surface area contributed by atoms with Crippen molar-refractivity contribution in [1.29, 1.82) is 0 Å². The second-order valence-corrected chi connectivity index (χ2v) is 7.07. The van der Waals surface area contributed by atoms with Gasteiger partial charge >= 0.3 is 0 Å². The van der Waals surface area contributed by atoms with E-state index in [1.54, 1.807) is 4.90 Å². The lowest BCUT2D eigenvalue weighted by Gasteiger charge is -2.31. The van der Waals surface area contributed by atoms with Crippen molar-refractivity contribution in [3.8, 4) is 5.75 Å². The molecule has 0 aliphatic carbocycles. The summed E-state index contributed by atoms with van der Waals surface area (Å²) in [4.78, 5) is 13.7. The van der Waals surface area contributed by atoms with Crippen LogP contribution in [0.4, 0.5) is 4.39 Å². The third-order valence-electron chi connectivity index (χ3n) is 3.40. The fourth-order valence-corrected chi connectivity index (χ4v) is 3.16. The number of likely N-dealkylation sites (tertiary alicyclic amines) is 1. The molecule has 122 valence electrons. The number of sulfonamides is 1. The molecule has 0 bridgehead atoms. The largest absolute Gasteiger partial charge is 0.484 e. The van der Waals surface area contributed by atoms with Crippen molar-refractivity contribution in [2.24, 2.45) is 0 Å². The van der Waals surface area contributed by atoms with Crippen LogP contribution in [-0.2, 0) is 14.8 Å². The van der Waals surface area contributed by atoms with Crippen molar-refractivity contribution in [1.82, 2.24) is 9.62 Å². The number of carbonyl (C=O) groups is 1. The molecule has 22 heavy (non-hydrogen) atoms. The Morgan fingerprint density at radius 3 is 2.45 bits per heavy atom. The summed E-state index contributed by atoms with van der Waals surface area (Å²) in [6.07, 6.45) is 2.28. The zero-order chi connectivity index (χ0) is 16.2. The number of amides is 1. The van der Waals surface area contributed by atoms with Gasteiger partial charge in [-0.15, -0.1) is 0 Å². The van der Waals surface area contributed by atoms with E-state index in [1.807, 2.05) is 0 Å². The van der Waals surface area contributed by atoms with E-state index in [9.17, 15) is 17.6 Å². The first-order chi connectivity index (χ1) is 10.3. The summed E-state index contributed by atoms with van der Waals surface area (Å²) in [6.45, 7) is 0.855. The van der Waals surface area contributed by atoms with Crippen LogP contribution in [0.25, 0.3) is 0 Å². The fraction of sp³-hybridized carbons (Fsp3) is 0.500. The van der Waals surface area contributed by atoms with E-state index in [1.165, 1.54) is 24.3 Å². The zero-order valence-corrected chi connectivity index (χ0v) is 13.1. The minimum Gasteiger partial charge on any atom is -0.484 e. The molecule has 0 spiro atoms. The molecule has 1 aliphatic heterocycles. The lowest BCUT2D eigenvalue weighted by Crippen LogP contribution is -2.47. The van der Waals surface area contributed by atoms with Gasteiger partial charge in [-0.05, 0) is 37.1 Å². The first-order valence-electron chi connectivity index (χ1n) is 6.97. The van der Waals surface area contributed by atoms with Crippen molar-refractivity contribution in [3.63, 3.8) is 0 Å². The van der Waals surface area contributed by atoms with Crippen LogP contribution in [0.1, 0.15) is 12.8 Å². The number of ether oxygens (including phenoxy) is 1. The maximum atomic E-state index is 12.8. The Bertz CT molecular complexity index is 610. The average Bonchev–Trinajstić information content (AvgIpc) is 2.45. The number of hydrogen-bond acceptors (Lipinski definition) is 4. The third kappa shape index (κ3) is 5.27. The molecule has 1 heterocycles.